The molecule has 0 radical (unpaired) electrons. The molecular weight excluding hydrogens is 316 g/mol. The Hall–Kier alpha value is -1.59. The van der Waals surface area contributed by atoms with Gasteiger partial charge < -0.3 is 10.6 Å². The summed E-state index contributed by atoms with van der Waals surface area (Å²) in [5.74, 6) is 0. The molecule has 0 atom stereocenters. The highest BCUT2D eigenvalue weighted by Crippen LogP contribution is 2.14. The molecule has 0 saturated heterocycles. The van der Waals surface area contributed by atoms with Crippen molar-refractivity contribution in [1.29, 1.82) is 0 Å². The van der Waals surface area contributed by atoms with Crippen LogP contribution in [0.4, 0.5) is 5.69 Å². The molecule has 1 heterocycles. The lowest BCUT2D eigenvalue weighted by Crippen LogP contribution is -2.29. The third kappa shape index (κ3) is 4.45. The topological polar surface area (TPSA) is 41.9 Å². The van der Waals surface area contributed by atoms with Crippen molar-refractivity contribution < 1.29 is 0 Å². The molecule has 118 valence electrons. The van der Waals surface area contributed by atoms with Gasteiger partial charge >= 0.3 is 0 Å². The highest BCUT2D eigenvalue weighted by molar-refractivity contribution is 7.80. The Morgan fingerprint density at radius 2 is 2.05 bits per heavy atom. The Bertz CT molecular complexity index is 666. The van der Waals surface area contributed by atoms with E-state index in [0.29, 0.717) is 10.1 Å². The fraction of sp³-hybridized carbons (Fsp3) is 0.375. The highest BCUT2D eigenvalue weighted by Gasteiger charge is 2.03. The van der Waals surface area contributed by atoms with Crippen LogP contribution >= 0.6 is 23.8 Å². The van der Waals surface area contributed by atoms with E-state index < -0.39 is 0 Å². The molecule has 0 unspecified atom stereocenters. The molecule has 0 aliphatic carbocycles. The van der Waals surface area contributed by atoms with E-state index in [2.05, 4.69) is 41.7 Å². The summed E-state index contributed by atoms with van der Waals surface area (Å²) < 4.78 is 1.91. The van der Waals surface area contributed by atoms with Crippen LogP contribution < -0.4 is 10.6 Å². The molecule has 0 aliphatic heterocycles. The number of hydrogen-bond donors (Lipinski definition) is 2. The maximum atomic E-state index is 5.98. The van der Waals surface area contributed by atoms with E-state index in [1.165, 1.54) is 11.1 Å². The van der Waals surface area contributed by atoms with Gasteiger partial charge in [0.2, 0.25) is 0 Å². The fourth-order valence-electron chi connectivity index (χ4n) is 2.07. The van der Waals surface area contributed by atoms with Gasteiger partial charge in [0, 0.05) is 18.8 Å². The molecule has 0 saturated carbocycles. The van der Waals surface area contributed by atoms with Gasteiger partial charge in [-0.25, -0.2) is 0 Å². The number of benzene rings is 1. The summed E-state index contributed by atoms with van der Waals surface area (Å²) in [4.78, 5) is 0. The van der Waals surface area contributed by atoms with E-state index >= 15 is 0 Å². The Morgan fingerprint density at radius 1 is 1.27 bits per heavy atom. The number of aromatic nitrogens is 2. The fourth-order valence-corrected chi connectivity index (χ4v) is 2.44. The molecule has 0 fully saturated rings. The summed E-state index contributed by atoms with van der Waals surface area (Å²) in [6, 6.07) is 6.22. The normalized spacial score (nSPS) is 10.5. The molecule has 4 nitrogen and oxygen atoms in total. The third-order valence-corrected chi connectivity index (χ3v) is 4.26. The number of nitrogens with zero attached hydrogens (tertiary/aromatic N) is 2. The van der Waals surface area contributed by atoms with Crippen molar-refractivity contribution >= 4 is 34.6 Å². The van der Waals surface area contributed by atoms with E-state index in [1.807, 2.05) is 17.7 Å². The first-order valence-electron chi connectivity index (χ1n) is 7.27. The van der Waals surface area contributed by atoms with Crippen LogP contribution in [-0.4, -0.2) is 21.4 Å². The van der Waals surface area contributed by atoms with Gasteiger partial charge in [0.15, 0.2) is 5.11 Å². The van der Waals surface area contributed by atoms with E-state index in [9.17, 15) is 0 Å². The van der Waals surface area contributed by atoms with Crippen LogP contribution in [-0.2, 0) is 6.54 Å². The molecule has 0 amide bonds. The average molecular weight is 337 g/mol. The summed E-state index contributed by atoms with van der Waals surface area (Å²) in [6.07, 6.45) is 2.60. The lowest BCUT2D eigenvalue weighted by atomic mass is 10.1. The number of anilines is 1. The number of rotatable bonds is 5. The predicted octanol–water partition coefficient (Wildman–Crippen LogP) is 3.84. The van der Waals surface area contributed by atoms with Gasteiger partial charge in [-0.2, -0.15) is 5.10 Å². The monoisotopic (exact) mass is 336 g/mol. The van der Waals surface area contributed by atoms with E-state index in [4.69, 9.17) is 23.8 Å². The molecule has 0 aliphatic rings. The van der Waals surface area contributed by atoms with Crippen LogP contribution in [0, 0.1) is 20.8 Å². The van der Waals surface area contributed by atoms with E-state index in [1.54, 1.807) is 6.20 Å². The lowest BCUT2D eigenvalue weighted by molar-refractivity contribution is 0.561. The van der Waals surface area contributed by atoms with Gasteiger partial charge in [-0.05, 0) is 62.7 Å². The molecule has 1 aromatic carbocycles. The lowest BCUT2D eigenvalue weighted by Gasteiger charge is -2.12. The standard InChI is InChI=1S/C16H21ClN4S/c1-11-5-6-14(9-12(11)2)20-16(22)18-7-4-8-21-13(3)15(17)10-19-21/h5-6,9-10H,4,7-8H2,1-3H3,(H2,18,20,22). The minimum Gasteiger partial charge on any atom is -0.362 e. The summed E-state index contributed by atoms with van der Waals surface area (Å²) in [5.41, 5.74) is 4.53. The van der Waals surface area contributed by atoms with Crippen molar-refractivity contribution in [3.05, 3.63) is 46.2 Å². The molecule has 2 N–H and O–H groups in total. The molecule has 2 aromatic rings. The maximum Gasteiger partial charge on any atom is 0.170 e. The van der Waals surface area contributed by atoms with Gasteiger partial charge in [0.25, 0.3) is 0 Å². The summed E-state index contributed by atoms with van der Waals surface area (Å²) in [5, 5.41) is 12.0. The van der Waals surface area contributed by atoms with Gasteiger partial charge in [0.05, 0.1) is 16.9 Å². The number of thiocarbonyl (C=S) groups is 1. The Kier molecular flexibility index (Phi) is 5.80. The quantitative estimate of drug-likeness (QED) is 0.643. The van der Waals surface area contributed by atoms with Gasteiger partial charge in [-0.3, -0.25) is 4.68 Å². The Morgan fingerprint density at radius 3 is 2.68 bits per heavy atom. The molecule has 2 rings (SSSR count). The third-order valence-electron chi connectivity index (χ3n) is 3.64. The number of halogens is 1. The zero-order chi connectivity index (χ0) is 16.1. The Balaban J connectivity index is 1.73. The summed E-state index contributed by atoms with van der Waals surface area (Å²) in [6.45, 7) is 7.76. The summed E-state index contributed by atoms with van der Waals surface area (Å²) >= 11 is 11.3. The first-order valence-corrected chi connectivity index (χ1v) is 8.06. The molecule has 0 bridgehead atoms. The van der Waals surface area contributed by atoms with Gasteiger partial charge in [-0.15, -0.1) is 0 Å². The van der Waals surface area contributed by atoms with E-state index in [-0.39, 0.29) is 0 Å². The minimum atomic E-state index is 0.637. The summed E-state index contributed by atoms with van der Waals surface area (Å²) in [7, 11) is 0. The minimum absolute atomic E-state index is 0.637. The van der Waals surface area contributed by atoms with Crippen molar-refractivity contribution in [2.24, 2.45) is 0 Å². The largest absolute Gasteiger partial charge is 0.362 e. The smallest absolute Gasteiger partial charge is 0.170 e. The van der Waals surface area contributed by atoms with Crippen molar-refractivity contribution in [3.8, 4) is 0 Å². The van der Waals surface area contributed by atoms with Crippen LogP contribution in [0.25, 0.3) is 0 Å². The molecule has 6 heteroatoms. The Labute approximate surface area is 141 Å². The second-order valence-electron chi connectivity index (χ2n) is 5.33. The predicted molar refractivity (Wildman–Crippen MR) is 96.7 cm³/mol. The molecule has 0 spiro atoms. The van der Waals surface area contributed by atoms with Crippen molar-refractivity contribution in [3.63, 3.8) is 0 Å². The molecular formula is C16H21ClN4S. The van der Waals surface area contributed by atoms with Crippen LogP contribution in [0.5, 0.6) is 0 Å². The number of hydrogen-bond acceptors (Lipinski definition) is 2. The first kappa shape index (κ1) is 16.8. The van der Waals surface area contributed by atoms with E-state index in [0.717, 1.165) is 30.9 Å². The van der Waals surface area contributed by atoms with Crippen LogP contribution in [0.1, 0.15) is 23.2 Å². The van der Waals surface area contributed by atoms with Crippen LogP contribution in [0.3, 0.4) is 0 Å². The number of nitrogens with one attached hydrogen (secondary N) is 2. The van der Waals surface area contributed by atoms with Gasteiger partial charge in [-0.1, -0.05) is 17.7 Å². The molecule has 1 aromatic heterocycles. The van der Waals surface area contributed by atoms with Crippen molar-refractivity contribution in [2.45, 2.75) is 33.7 Å². The zero-order valence-corrected chi connectivity index (χ0v) is 14.7. The van der Waals surface area contributed by atoms with Crippen LogP contribution in [0.2, 0.25) is 5.02 Å². The first-order chi connectivity index (χ1) is 10.5. The molecule has 22 heavy (non-hydrogen) atoms. The van der Waals surface area contributed by atoms with Gasteiger partial charge in [0.1, 0.15) is 0 Å². The zero-order valence-electron chi connectivity index (χ0n) is 13.1. The highest BCUT2D eigenvalue weighted by atomic mass is 35.5. The SMILES string of the molecule is Cc1ccc(NC(=S)NCCCn2ncc(Cl)c2C)cc1C. The van der Waals surface area contributed by atoms with Crippen LogP contribution in [0.15, 0.2) is 24.4 Å². The number of aryl methyl sites for hydroxylation is 3. The average Bonchev–Trinajstić information content (AvgIpc) is 2.79. The second kappa shape index (κ2) is 7.61. The second-order valence-corrected chi connectivity index (χ2v) is 6.15. The van der Waals surface area contributed by atoms with Crippen molar-refractivity contribution in [2.75, 3.05) is 11.9 Å². The maximum absolute atomic E-state index is 5.98. The van der Waals surface area contributed by atoms with Crippen molar-refractivity contribution in [1.82, 2.24) is 15.1 Å².